The normalized spacial score (nSPS) is 16.6. The quantitative estimate of drug-likeness (QED) is 0.860. The highest BCUT2D eigenvalue weighted by Crippen LogP contribution is 2.31. The van der Waals surface area contributed by atoms with Crippen LogP contribution in [0.15, 0.2) is 16.6 Å². The summed E-state index contributed by atoms with van der Waals surface area (Å²) < 4.78 is 19.1. The van der Waals surface area contributed by atoms with E-state index in [0.717, 1.165) is 0 Å². The molecule has 0 saturated heterocycles. The monoisotopic (exact) mass is 287 g/mol. The average Bonchev–Trinajstić information content (AvgIpc) is 2.74. The number of nitrogen functional groups attached to an aromatic ring is 1. The Bertz CT molecular complexity index is 378. The summed E-state index contributed by atoms with van der Waals surface area (Å²) in [5.41, 5.74) is 6.05. The highest BCUT2D eigenvalue weighted by atomic mass is 79.9. The van der Waals surface area contributed by atoms with Crippen molar-refractivity contribution >= 4 is 21.6 Å². The predicted octanol–water partition coefficient (Wildman–Crippen LogP) is 3.74. The van der Waals surface area contributed by atoms with E-state index in [1.165, 1.54) is 31.7 Å². The summed E-state index contributed by atoms with van der Waals surface area (Å²) in [7, 11) is 0. The maximum atomic E-state index is 13.1. The number of halogens is 2. The number of ether oxygens (including phenoxy) is 1. The molecule has 0 atom stereocenters. The molecule has 16 heavy (non-hydrogen) atoms. The fourth-order valence-corrected chi connectivity index (χ4v) is 2.38. The van der Waals surface area contributed by atoms with Gasteiger partial charge in [-0.1, -0.05) is 12.8 Å². The molecule has 1 aromatic rings. The summed E-state index contributed by atoms with van der Waals surface area (Å²) in [5.74, 6) is 0.842. The summed E-state index contributed by atoms with van der Waals surface area (Å²) in [4.78, 5) is 0. The number of benzene rings is 1. The molecule has 0 amide bonds. The van der Waals surface area contributed by atoms with Gasteiger partial charge in [-0.3, -0.25) is 0 Å². The van der Waals surface area contributed by atoms with Crippen LogP contribution in [0.2, 0.25) is 0 Å². The lowest BCUT2D eigenvalue weighted by Gasteiger charge is -2.13. The van der Waals surface area contributed by atoms with Gasteiger partial charge < -0.3 is 10.5 Å². The van der Waals surface area contributed by atoms with E-state index in [4.69, 9.17) is 10.5 Å². The number of hydrogen-bond acceptors (Lipinski definition) is 2. The Morgan fingerprint density at radius 2 is 2.06 bits per heavy atom. The van der Waals surface area contributed by atoms with Crippen molar-refractivity contribution in [2.75, 3.05) is 12.3 Å². The summed E-state index contributed by atoms with van der Waals surface area (Å²) in [6.07, 6.45) is 5.03. The van der Waals surface area contributed by atoms with Crippen LogP contribution < -0.4 is 10.5 Å². The van der Waals surface area contributed by atoms with Crippen LogP contribution in [0.1, 0.15) is 25.7 Å². The van der Waals surface area contributed by atoms with Gasteiger partial charge in [0.2, 0.25) is 0 Å². The van der Waals surface area contributed by atoms with E-state index in [9.17, 15) is 4.39 Å². The van der Waals surface area contributed by atoms with Crippen molar-refractivity contribution in [1.82, 2.24) is 0 Å². The summed E-state index contributed by atoms with van der Waals surface area (Å²) in [5, 5.41) is 0. The fraction of sp³-hybridized carbons (Fsp3) is 0.500. The van der Waals surface area contributed by atoms with Crippen LogP contribution >= 0.6 is 15.9 Å². The second-order valence-corrected chi connectivity index (χ2v) is 5.12. The second-order valence-electron chi connectivity index (χ2n) is 4.27. The molecule has 4 heteroatoms. The zero-order valence-electron chi connectivity index (χ0n) is 9.01. The highest BCUT2D eigenvalue weighted by molar-refractivity contribution is 9.10. The van der Waals surface area contributed by atoms with Crippen LogP contribution in [0.3, 0.4) is 0 Å². The van der Waals surface area contributed by atoms with Gasteiger partial charge in [-0.2, -0.15) is 0 Å². The molecule has 0 spiro atoms. The van der Waals surface area contributed by atoms with E-state index in [1.807, 2.05) is 0 Å². The number of rotatable bonds is 3. The van der Waals surface area contributed by atoms with Crippen LogP contribution in [0.4, 0.5) is 10.1 Å². The van der Waals surface area contributed by atoms with Crippen LogP contribution in [0.25, 0.3) is 0 Å². The standard InChI is InChI=1S/C12H15BrFNO/c13-9-5-12(11(15)6-10(9)14)16-7-8-3-1-2-4-8/h5-6,8H,1-4,7,15H2. The van der Waals surface area contributed by atoms with Gasteiger partial charge in [0.15, 0.2) is 0 Å². The SMILES string of the molecule is Nc1cc(F)c(Br)cc1OCC1CCCC1. The average molecular weight is 288 g/mol. The van der Waals surface area contributed by atoms with Crippen molar-refractivity contribution in [1.29, 1.82) is 0 Å². The third-order valence-electron chi connectivity index (χ3n) is 3.00. The third kappa shape index (κ3) is 2.67. The van der Waals surface area contributed by atoms with Gasteiger partial charge in [0, 0.05) is 6.07 Å². The van der Waals surface area contributed by atoms with Crippen molar-refractivity contribution in [3.05, 3.63) is 22.4 Å². The molecule has 1 aliphatic rings. The summed E-state index contributed by atoms with van der Waals surface area (Å²) in [6.45, 7) is 0.683. The summed E-state index contributed by atoms with van der Waals surface area (Å²) >= 11 is 3.12. The Balaban J connectivity index is 2.00. The first-order valence-electron chi connectivity index (χ1n) is 5.54. The molecule has 0 aliphatic heterocycles. The first-order valence-corrected chi connectivity index (χ1v) is 6.33. The Kier molecular flexibility index (Phi) is 3.69. The molecule has 1 aromatic carbocycles. The molecule has 1 saturated carbocycles. The van der Waals surface area contributed by atoms with Gasteiger partial charge in [-0.15, -0.1) is 0 Å². The lowest BCUT2D eigenvalue weighted by molar-refractivity contribution is 0.253. The summed E-state index contributed by atoms with van der Waals surface area (Å²) in [6, 6.07) is 2.88. The molecule has 1 fully saturated rings. The smallest absolute Gasteiger partial charge is 0.143 e. The molecular weight excluding hydrogens is 273 g/mol. The molecule has 0 bridgehead atoms. The van der Waals surface area contributed by atoms with Crippen molar-refractivity contribution < 1.29 is 9.13 Å². The zero-order chi connectivity index (χ0) is 11.5. The molecule has 2 N–H and O–H groups in total. The first-order chi connectivity index (χ1) is 7.66. The third-order valence-corrected chi connectivity index (χ3v) is 3.61. The van der Waals surface area contributed by atoms with E-state index in [2.05, 4.69) is 15.9 Å². The second kappa shape index (κ2) is 5.04. The van der Waals surface area contributed by atoms with Gasteiger partial charge in [0.1, 0.15) is 11.6 Å². The molecule has 0 aromatic heterocycles. The number of nitrogens with two attached hydrogens (primary N) is 1. The van der Waals surface area contributed by atoms with E-state index >= 15 is 0 Å². The van der Waals surface area contributed by atoms with E-state index < -0.39 is 0 Å². The van der Waals surface area contributed by atoms with Gasteiger partial charge in [0.25, 0.3) is 0 Å². The molecule has 1 aliphatic carbocycles. The molecule has 2 rings (SSSR count). The zero-order valence-corrected chi connectivity index (χ0v) is 10.6. The Morgan fingerprint density at radius 1 is 1.38 bits per heavy atom. The Morgan fingerprint density at radius 3 is 2.75 bits per heavy atom. The van der Waals surface area contributed by atoms with E-state index in [-0.39, 0.29) is 5.82 Å². The van der Waals surface area contributed by atoms with Crippen LogP contribution in [0.5, 0.6) is 5.75 Å². The van der Waals surface area contributed by atoms with Crippen molar-refractivity contribution in [2.45, 2.75) is 25.7 Å². The minimum Gasteiger partial charge on any atom is -0.491 e. The van der Waals surface area contributed by atoms with Crippen molar-refractivity contribution in [3.8, 4) is 5.75 Å². The van der Waals surface area contributed by atoms with Crippen LogP contribution in [-0.4, -0.2) is 6.61 Å². The Hall–Kier alpha value is -0.770. The molecule has 0 radical (unpaired) electrons. The molecule has 0 unspecified atom stereocenters. The lowest BCUT2D eigenvalue weighted by atomic mass is 10.1. The van der Waals surface area contributed by atoms with Gasteiger partial charge in [-0.25, -0.2) is 4.39 Å². The fourth-order valence-electron chi connectivity index (χ4n) is 2.05. The predicted molar refractivity (Wildman–Crippen MR) is 66.0 cm³/mol. The largest absolute Gasteiger partial charge is 0.491 e. The van der Waals surface area contributed by atoms with Crippen molar-refractivity contribution in [2.24, 2.45) is 5.92 Å². The molecular formula is C12H15BrFNO. The van der Waals surface area contributed by atoms with E-state index in [0.29, 0.717) is 28.4 Å². The minimum absolute atomic E-state index is 0.356. The van der Waals surface area contributed by atoms with Gasteiger partial charge in [-0.05, 0) is 40.8 Å². The molecule has 2 nitrogen and oxygen atoms in total. The highest BCUT2D eigenvalue weighted by Gasteiger charge is 2.16. The maximum Gasteiger partial charge on any atom is 0.143 e. The van der Waals surface area contributed by atoms with Gasteiger partial charge in [0.05, 0.1) is 16.8 Å². The van der Waals surface area contributed by atoms with Gasteiger partial charge >= 0.3 is 0 Å². The molecule has 0 heterocycles. The number of anilines is 1. The maximum absolute atomic E-state index is 13.1. The molecule has 88 valence electrons. The first kappa shape index (κ1) is 11.7. The van der Waals surface area contributed by atoms with E-state index in [1.54, 1.807) is 6.07 Å². The number of hydrogen-bond donors (Lipinski definition) is 1. The van der Waals surface area contributed by atoms with Crippen LogP contribution in [-0.2, 0) is 0 Å². The lowest BCUT2D eigenvalue weighted by Crippen LogP contribution is -2.09. The van der Waals surface area contributed by atoms with Crippen molar-refractivity contribution in [3.63, 3.8) is 0 Å². The topological polar surface area (TPSA) is 35.2 Å². The minimum atomic E-state index is -0.356. The van der Waals surface area contributed by atoms with Crippen LogP contribution in [0, 0.1) is 11.7 Å². The Labute approximate surface area is 103 Å².